The van der Waals surface area contributed by atoms with Gasteiger partial charge < -0.3 is 10.6 Å². The number of piperidine rings is 1. The number of hydrogen-bond donors (Lipinski definition) is 2. The fourth-order valence-electron chi connectivity index (χ4n) is 2.79. The van der Waals surface area contributed by atoms with E-state index in [-0.39, 0.29) is 11.9 Å². The predicted octanol–water partition coefficient (Wildman–Crippen LogP) is 2.48. The molecular weight excluding hydrogens is 274 g/mol. The van der Waals surface area contributed by atoms with E-state index in [4.69, 9.17) is 0 Å². The zero-order chi connectivity index (χ0) is 15.4. The van der Waals surface area contributed by atoms with Crippen LogP contribution in [0.25, 0.3) is 11.1 Å². The minimum atomic E-state index is -0.0502. The molecule has 2 atom stereocenters. The lowest BCUT2D eigenvalue weighted by Gasteiger charge is -2.30. The highest BCUT2D eigenvalue weighted by Crippen LogP contribution is 2.19. The second-order valence-electron chi connectivity index (χ2n) is 5.88. The summed E-state index contributed by atoms with van der Waals surface area (Å²) in [6.07, 6.45) is 4.51. The lowest BCUT2D eigenvalue weighted by Crippen LogP contribution is -2.50. The van der Waals surface area contributed by atoms with Crippen molar-refractivity contribution in [2.75, 3.05) is 13.1 Å². The van der Waals surface area contributed by atoms with Gasteiger partial charge in [-0.25, -0.2) is 0 Å². The molecule has 1 amide bonds. The topological polar surface area (TPSA) is 54.0 Å². The Kier molecular flexibility index (Phi) is 4.49. The van der Waals surface area contributed by atoms with Gasteiger partial charge in [0.25, 0.3) is 5.91 Å². The first kappa shape index (κ1) is 14.7. The molecule has 4 nitrogen and oxygen atoms in total. The highest BCUT2D eigenvalue weighted by molar-refractivity contribution is 5.95. The fourth-order valence-corrected chi connectivity index (χ4v) is 2.79. The van der Waals surface area contributed by atoms with Crippen molar-refractivity contribution in [3.8, 4) is 11.1 Å². The molecule has 2 aromatic rings. The maximum atomic E-state index is 12.5. The first-order chi connectivity index (χ1) is 10.7. The molecule has 3 rings (SSSR count). The normalized spacial score (nSPS) is 21.3. The molecule has 0 saturated carbocycles. The van der Waals surface area contributed by atoms with E-state index in [2.05, 4.69) is 22.5 Å². The van der Waals surface area contributed by atoms with Gasteiger partial charge in [-0.1, -0.05) is 37.3 Å². The monoisotopic (exact) mass is 295 g/mol. The van der Waals surface area contributed by atoms with Crippen molar-refractivity contribution in [2.45, 2.75) is 19.4 Å². The minimum Gasteiger partial charge on any atom is -0.348 e. The van der Waals surface area contributed by atoms with E-state index in [0.29, 0.717) is 11.5 Å². The number of carbonyl (C=O) groups is 1. The van der Waals surface area contributed by atoms with Crippen molar-refractivity contribution in [3.05, 3.63) is 54.4 Å². The number of aromatic nitrogens is 1. The van der Waals surface area contributed by atoms with Crippen molar-refractivity contribution in [2.24, 2.45) is 5.92 Å². The van der Waals surface area contributed by atoms with Crippen molar-refractivity contribution in [1.29, 1.82) is 0 Å². The van der Waals surface area contributed by atoms with E-state index in [1.54, 1.807) is 12.4 Å². The van der Waals surface area contributed by atoms with Crippen LogP contribution >= 0.6 is 0 Å². The average Bonchev–Trinajstić information content (AvgIpc) is 2.58. The van der Waals surface area contributed by atoms with Crippen LogP contribution in [0.2, 0.25) is 0 Å². The molecular formula is C18H21N3O. The Balaban J connectivity index is 1.75. The van der Waals surface area contributed by atoms with E-state index in [0.717, 1.165) is 30.6 Å². The lowest BCUT2D eigenvalue weighted by atomic mass is 9.94. The fraction of sp³-hybridized carbons (Fsp3) is 0.333. The van der Waals surface area contributed by atoms with Gasteiger partial charge in [0.15, 0.2) is 0 Å². The summed E-state index contributed by atoms with van der Waals surface area (Å²) in [5, 5.41) is 6.45. The SMILES string of the molecule is CC1CCNCC1NC(=O)c1cncc(-c2ccccc2)c1. The molecule has 2 N–H and O–H groups in total. The molecule has 0 spiro atoms. The summed E-state index contributed by atoms with van der Waals surface area (Å²) in [7, 11) is 0. The zero-order valence-corrected chi connectivity index (χ0v) is 12.8. The van der Waals surface area contributed by atoms with E-state index in [1.807, 2.05) is 36.4 Å². The Morgan fingerprint density at radius 1 is 1.23 bits per heavy atom. The summed E-state index contributed by atoms with van der Waals surface area (Å²) < 4.78 is 0. The highest BCUT2D eigenvalue weighted by atomic mass is 16.1. The molecule has 1 aliphatic rings. The largest absolute Gasteiger partial charge is 0.348 e. The summed E-state index contributed by atoms with van der Waals surface area (Å²) in [6.45, 7) is 4.04. The van der Waals surface area contributed by atoms with Gasteiger partial charge in [0.2, 0.25) is 0 Å². The van der Waals surface area contributed by atoms with E-state index < -0.39 is 0 Å². The Labute approximate surface area is 131 Å². The Hall–Kier alpha value is -2.20. The number of benzene rings is 1. The molecule has 2 unspecified atom stereocenters. The molecule has 1 aliphatic heterocycles. The van der Waals surface area contributed by atoms with Crippen molar-refractivity contribution in [3.63, 3.8) is 0 Å². The third-order valence-corrected chi connectivity index (χ3v) is 4.25. The average molecular weight is 295 g/mol. The summed E-state index contributed by atoms with van der Waals surface area (Å²) >= 11 is 0. The zero-order valence-electron chi connectivity index (χ0n) is 12.8. The summed E-state index contributed by atoms with van der Waals surface area (Å²) in [5.74, 6) is 0.446. The van der Waals surface area contributed by atoms with Crippen LogP contribution in [0.3, 0.4) is 0 Å². The van der Waals surface area contributed by atoms with Crippen LogP contribution in [0.15, 0.2) is 48.8 Å². The van der Waals surface area contributed by atoms with Gasteiger partial charge in [-0.15, -0.1) is 0 Å². The number of nitrogens with zero attached hydrogens (tertiary/aromatic N) is 1. The molecule has 114 valence electrons. The van der Waals surface area contributed by atoms with Crippen LogP contribution in [0.1, 0.15) is 23.7 Å². The van der Waals surface area contributed by atoms with Crippen LogP contribution in [0, 0.1) is 5.92 Å². The second kappa shape index (κ2) is 6.71. The minimum absolute atomic E-state index is 0.0502. The Morgan fingerprint density at radius 2 is 2.05 bits per heavy atom. The number of hydrogen-bond acceptors (Lipinski definition) is 3. The predicted molar refractivity (Wildman–Crippen MR) is 87.6 cm³/mol. The molecule has 1 aromatic carbocycles. The number of rotatable bonds is 3. The van der Waals surface area contributed by atoms with Gasteiger partial charge in [-0.3, -0.25) is 9.78 Å². The Morgan fingerprint density at radius 3 is 2.82 bits per heavy atom. The third-order valence-electron chi connectivity index (χ3n) is 4.25. The Bertz CT molecular complexity index is 642. The first-order valence-electron chi connectivity index (χ1n) is 7.76. The van der Waals surface area contributed by atoms with Gasteiger partial charge in [0.1, 0.15) is 0 Å². The van der Waals surface area contributed by atoms with Gasteiger partial charge in [-0.2, -0.15) is 0 Å². The summed E-state index contributed by atoms with van der Waals surface area (Å²) in [5.41, 5.74) is 2.64. The molecule has 1 fully saturated rings. The van der Waals surface area contributed by atoms with Crippen LogP contribution in [0.5, 0.6) is 0 Å². The number of nitrogens with one attached hydrogen (secondary N) is 2. The first-order valence-corrected chi connectivity index (χ1v) is 7.76. The van der Waals surface area contributed by atoms with Crippen molar-refractivity contribution < 1.29 is 4.79 Å². The van der Waals surface area contributed by atoms with Gasteiger partial charge in [-0.05, 0) is 30.5 Å². The molecule has 2 heterocycles. The molecule has 1 aromatic heterocycles. The van der Waals surface area contributed by atoms with Crippen LogP contribution in [0.4, 0.5) is 0 Å². The van der Waals surface area contributed by atoms with Crippen molar-refractivity contribution >= 4 is 5.91 Å². The highest BCUT2D eigenvalue weighted by Gasteiger charge is 2.23. The van der Waals surface area contributed by atoms with Gasteiger partial charge >= 0.3 is 0 Å². The molecule has 1 saturated heterocycles. The lowest BCUT2D eigenvalue weighted by molar-refractivity contribution is 0.0915. The number of carbonyl (C=O) groups excluding carboxylic acids is 1. The maximum Gasteiger partial charge on any atom is 0.253 e. The third kappa shape index (κ3) is 3.34. The van der Waals surface area contributed by atoms with E-state index >= 15 is 0 Å². The number of amides is 1. The number of pyridine rings is 1. The van der Waals surface area contributed by atoms with Crippen LogP contribution in [-0.4, -0.2) is 30.0 Å². The van der Waals surface area contributed by atoms with Gasteiger partial charge in [0, 0.05) is 30.5 Å². The van der Waals surface area contributed by atoms with E-state index in [1.165, 1.54) is 0 Å². The maximum absolute atomic E-state index is 12.5. The summed E-state index contributed by atoms with van der Waals surface area (Å²) in [6, 6.07) is 12.1. The van der Waals surface area contributed by atoms with Crippen LogP contribution in [-0.2, 0) is 0 Å². The standard InChI is InChI=1S/C18H21N3O/c1-13-7-8-19-12-17(13)21-18(22)16-9-15(10-20-11-16)14-5-3-2-4-6-14/h2-6,9-11,13,17,19H,7-8,12H2,1H3,(H,21,22). The molecule has 22 heavy (non-hydrogen) atoms. The molecule has 0 aliphatic carbocycles. The van der Waals surface area contributed by atoms with Crippen molar-refractivity contribution in [1.82, 2.24) is 15.6 Å². The summed E-state index contributed by atoms with van der Waals surface area (Å²) in [4.78, 5) is 16.7. The van der Waals surface area contributed by atoms with Gasteiger partial charge in [0.05, 0.1) is 5.56 Å². The van der Waals surface area contributed by atoms with Crippen LogP contribution < -0.4 is 10.6 Å². The molecule has 0 bridgehead atoms. The second-order valence-corrected chi connectivity index (χ2v) is 5.88. The van der Waals surface area contributed by atoms with E-state index in [9.17, 15) is 4.79 Å². The quantitative estimate of drug-likeness (QED) is 0.914. The molecule has 0 radical (unpaired) electrons. The molecule has 4 heteroatoms. The smallest absolute Gasteiger partial charge is 0.253 e.